The molecule has 5 heteroatoms. The number of ether oxygens (including phenoxy) is 1. The number of rotatable bonds is 3. The number of hydrogen-bond donors (Lipinski definition) is 0. The van der Waals surface area contributed by atoms with E-state index in [1.807, 2.05) is 42.9 Å². The highest BCUT2D eigenvalue weighted by molar-refractivity contribution is 7.13. The third-order valence-electron chi connectivity index (χ3n) is 3.49. The number of benzene rings is 1. The fourth-order valence-electron chi connectivity index (χ4n) is 2.38. The first-order valence-corrected chi connectivity index (χ1v) is 7.76. The van der Waals surface area contributed by atoms with Crippen molar-refractivity contribution in [1.82, 2.24) is 14.5 Å². The molecule has 0 spiro atoms. The van der Waals surface area contributed by atoms with Crippen LogP contribution in [0.4, 0.5) is 0 Å². The zero-order valence-corrected chi connectivity index (χ0v) is 12.7. The van der Waals surface area contributed by atoms with E-state index in [-0.39, 0.29) is 0 Å². The van der Waals surface area contributed by atoms with Crippen LogP contribution in [-0.2, 0) is 7.05 Å². The zero-order valence-electron chi connectivity index (χ0n) is 11.9. The fourth-order valence-corrected chi connectivity index (χ4v) is 3.11. The van der Waals surface area contributed by atoms with Crippen molar-refractivity contribution in [2.24, 2.45) is 7.05 Å². The van der Waals surface area contributed by atoms with Crippen molar-refractivity contribution >= 4 is 22.2 Å². The number of pyridine rings is 1. The van der Waals surface area contributed by atoms with E-state index in [1.54, 1.807) is 23.7 Å². The van der Waals surface area contributed by atoms with E-state index in [0.717, 1.165) is 21.7 Å². The maximum absolute atomic E-state index is 5.87. The van der Waals surface area contributed by atoms with Crippen LogP contribution in [-0.4, -0.2) is 14.5 Å². The Morgan fingerprint density at radius 1 is 1.09 bits per heavy atom. The van der Waals surface area contributed by atoms with Gasteiger partial charge >= 0.3 is 0 Å². The van der Waals surface area contributed by atoms with Gasteiger partial charge in [0, 0.05) is 42.1 Å². The van der Waals surface area contributed by atoms with Crippen molar-refractivity contribution in [1.29, 1.82) is 0 Å². The minimum absolute atomic E-state index is 0.618. The lowest BCUT2D eigenvalue weighted by molar-refractivity contribution is 0.467. The summed E-state index contributed by atoms with van der Waals surface area (Å²) in [5.74, 6) is 1.41. The van der Waals surface area contributed by atoms with Gasteiger partial charge in [0.15, 0.2) is 0 Å². The van der Waals surface area contributed by atoms with Crippen molar-refractivity contribution in [2.45, 2.75) is 0 Å². The predicted molar refractivity (Wildman–Crippen MR) is 88.3 cm³/mol. The molecule has 0 saturated carbocycles. The molecule has 0 unspecified atom stereocenters. The molecule has 0 N–H and O–H groups in total. The van der Waals surface area contributed by atoms with Gasteiger partial charge < -0.3 is 9.30 Å². The van der Waals surface area contributed by atoms with Crippen LogP contribution in [0, 0.1) is 0 Å². The van der Waals surface area contributed by atoms with Crippen molar-refractivity contribution < 1.29 is 4.74 Å². The number of hydrogen-bond acceptors (Lipinski definition) is 4. The third kappa shape index (κ3) is 2.35. The molecule has 3 heterocycles. The Morgan fingerprint density at radius 3 is 2.82 bits per heavy atom. The van der Waals surface area contributed by atoms with Gasteiger partial charge in [-0.15, -0.1) is 11.3 Å². The minimum atomic E-state index is 0.618. The summed E-state index contributed by atoms with van der Waals surface area (Å²) in [5.41, 5.74) is 2.23. The highest BCUT2D eigenvalue weighted by atomic mass is 32.1. The van der Waals surface area contributed by atoms with Crippen LogP contribution in [0.25, 0.3) is 21.5 Å². The first kappa shape index (κ1) is 13.0. The molecule has 0 bridgehead atoms. The standard InChI is InChI=1S/C17H13N3OS/c1-20-9-6-13-10-14(2-3-15(13)20)21-16-11-22-17(19-16)12-4-7-18-8-5-12/h2-11H,1H3. The van der Waals surface area contributed by atoms with Gasteiger partial charge in [-0.1, -0.05) is 0 Å². The molecule has 1 aromatic carbocycles. The molecule has 4 nitrogen and oxygen atoms in total. The minimum Gasteiger partial charge on any atom is -0.438 e. The summed E-state index contributed by atoms with van der Waals surface area (Å²) in [6.07, 6.45) is 5.57. The van der Waals surface area contributed by atoms with Gasteiger partial charge in [0.25, 0.3) is 0 Å². The smallest absolute Gasteiger partial charge is 0.230 e. The molecule has 0 saturated heterocycles. The molecule has 0 amide bonds. The second kappa shape index (κ2) is 5.27. The van der Waals surface area contributed by atoms with Gasteiger partial charge in [0.1, 0.15) is 10.8 Å². The van der Waals surface area contributed by atoms with E-state index in [0.29, 0.717) is 5.88 Å². The van der Waals surface area contributed by atoms with Crippen molar-refractivity contribution in [3.8, 4) is 22.2 Å². The molecule has 0 radical (unpaired) electrons. The number of thiazole rings is 1. The normalized spacial score (nSPS) is 11.0. The largest absolute Gasteiger partial charge is 0.438 e. The van der Waals surface area contributed by atoms with Crippen LogP contribution >= 0.6 is 11.3 Å². The molecule has 4 rings (SSSR count). The number of aromatic nitrogens is 3. The topological polar surface area (TPSA) is 39.9 Å². The SMILES string of the molecule is Cn1ccc2cc(Oc3csc(-c4ccncc4)n3)ccc21. The van der Waals surface area contributed by atoms with Crippen LogP contribution in [0.1, 0.15) is 0 Å². The molecular formula is C17H13N3OS. The van der Waals surface area contributed by atoms with E-state index in [9.17, 15) is 0 Å². The molecule has 0 aliphatic carbocycles. The van der Waals surface area contributed by atoms with Crippen LogP contribution in [0.3, 0.4) is 0 Å². The molecule has 4 aromatic rings. The Morgan fingerprint density at radius 2 is 1.95 bits per heavy atom. The summed E-state index contributed by atoms with van der Waals surface area (Å²) in [6, 6.07) is 12.0. The molecule has 0 aliphatic heterocycles. The van der Waals surface area contributed by atoms with Gasteiger partial charge in [-0.25, -0.2) is 4.98 Å². The summed E-state index contributed by atoms with van der Waals surface area (Å²) in [4.78, 5) is 8.54. The van der Waals surface area contributed by atoms with Gasteiger partial charge in [0.05, 0.1) is 5.38 Å². The zero-order chi connectivity index (χ0) is 14.9. The third-order valence-corrected chi connectivity index (χ3v) is 4.36. The molecule has 3 aromatic heterocycles. The van der Waals surface area contributed by atoms with E-state index in [4.69, 9.17) is 4.74 Å². The molecule has 0 fully saturated rings. The maximum atomic E-state index is 5.87. The number of aryl methyl sites for hydroxylation is 1. The van der Waals surface area contributed by atoms with Crippen LogP contribution in [0.2, 0.25) is 0 Å². The highest BCUT2D eigenvalue weighted by Crippen LogP contribution is 2.30. The lowest BCUT2D eigenvalue weighted by Crippen LogP contribution is -1.86. The summed E-state index contributed by atoms with van der Waals surface area (Å²) in [6.45, 7) is 0. The number of fused-ring (bicyclic) bond motifs is 1. The monoisotopic (exact) mass is 307 g/mol. The Kier molecular flexibility index (Phi) is 3.12. The van der Waals surface area contributed by atoms with Crippen LogP contribution in [0.15, 0.2) is 60.4 Å². The van der Waals surface area contributed by atoms with Crippen molar-refractivity contribution in [2.75, 3.05) is 0 Å². The van der Waals surface area contributed by atoms with Crippen LogP contribution < -0.4 is 4.74 Å². The van der Waals surface area contributed by atoms with E-state index >= 15 is 0 Å². The second-order valence-electron chi connectivity index (χ2n) is 4.98. The second-order valence-corrected chi connectivity index (χ2v) is 5.83. The van der Waals surface area contributed by atoms with Crippen molar-refractivity contribution in [3.63, 3.8) is 0 Å². The Labute approximate surface area is 131 Å². The summed E-state index contributed by atoms with van der Waals surface area (Å²) in [5, 5.41) is 4.01. The van der Waals surface area contributed by atoms with Gasteiger partial charge in [0.2, 0.25) is 5.88 Å². The van der Waals surface area contributed by atoms with Gasteiger partial charge in [-0.2, -0.15) is 0 Å². The Hall–Kier alpha value is -2.66. The van der Waals surface area contributed by atoms with E-state index < -0.39 is 0 Å². The Balaban J connectivity index is 1.61. The summed E-state index contributed by atoms with van der Waals surface area (Å²) < 4.78 is 7.96. The molecule has 108 valence electrons. The first-order valence-electron chi connectivity index (χ1n) is 6.88. The first-order chi connectivity index (χ1) is 10.8. The van der Waals surface area contributed by atoms with E-state index in [1.165, 1.54) is 5.52 Å². The predicted octanol–water partition coefficient (Wildman–Crippen LogP) is 4.49. The highest BCUT2D eigenvalue weighted by Gasteiger charge is 2.07. The quantitative estimate of drug-likeness (QED) is 0.560. The molecular weight excluding hydrogens is 294 g/mol. The van der Waals surface area contributed by atoms with Gasteiger partial charge in [-0.05, 0) is 36.4 Å². The van der Waals surface area contributed by atoms with Crippen molar-refractivity contribution in [3.05, 3.63) is 60.4 Å². The lowest BCUT2D eigenvalue weighted by Gasteiger charge is -2.03. The molecule has 0 atom stereocenters. The fraction of sp³-hybridized carbons (Fsp3) is 0.0588. The summed E-state index contributed by atoms with van der Waals surface area (Å²) in [7, 11) is 2.03. The average molecular weight is 307 g/mol. The molecule has 0 aliphatic rings. The van der Waals surface area contributed by atoms with Gasteiger partial charge in [-0.3, -0.25) is 4.98 Å². The lowest BCUT2D eigenvalue weighted by atomic mass is 10.2. The maximum Gasteiger partial charge on any atom is 0.230 e. The average Bonchev–Trinajstić information content (AvgIpc) is 3.16. The van der Waals surface area contributed by atoms with Crippen LogP contribution in [0.5, 0.6) is 11.6 Å². The molecule has 22 heavy (non-hydrogen) atoms. The Bertz CT molecular complexity index is 927. The van der Waals surface area contributed by atoms with E-state index in [2.05, 4.69) is 26.7 Å². The summed E-state index contributed by atoms with van der Waals surface area (Å²) >= 11 is 1.56. The number of nitrogens with zero attached hydrogens (tertiary/aromatic N) is 3.